The molecule has 0 aliphatic carbocycles. The van der Waals surface area contributed by atoms with Crippen LogP contribution in [0.1, 0.15) is 11.5 Å². The zero-order valence-electron chi connectivity index (χ0n) is 16.3. The second kappa shape index (κ2) is 8.77. The lowest BCUT2D eigenvalue weighted by atomic mass is 10.1. The molecule has 2 aromatic heterocycles. The number of ether oxygens (including phenoxy) is 1. The largest absolute Gasteiger partial charge is 0.497 e. The number of benzene rings is 2. The SMILES string of the molecule is COc1ccc(-c2cc(=O)[nH]c(SCc3nc(-c4cccc(Cl)c4)oc3C)n2)cc1. The van der Waals surface area contributed by atoms with Crippen LogP contribution < -0.4 is 10.3 Å². The van der Waals surface area contributed by atoms with Crippen molar-refractivity contribution in [3.05, 3.63) is 81.4 Å². The minimum atomic E-state index is -0.213. The van der Waals surface area contributed by atoms with Crippen molar-refractivity contribution in [2.45, 2.75) is 17.8 Å². The van der Waals surface area contributed by atoms with Gasteiger partial charge in [-0.15, -0.1) is 0 Å². The number of aryl methyl sites for hydroxylation is 1. The number of aromatic nitrogens is 3. The van der Waals surface area contributed by atoms with Gasteiger partial charge in [0.1, 0.15) is 11.5 Å². The summed E-state index contributed by atoms with van der Waals surface area (Å²) in [5.74, 6) is 2.48. The Hall–Kier alpha value is -3.03. The molecule has 0 spiro atoms. The topological polar surface area (TPSA) is 81.0 Å². The van der Waals surface area contributed by atoms with Crippen molar-refractivity contribution in [2.75, 3.05) is 7.11 Å². The molecule has 2 heterocycles. The van der Waals surface area contributed by atoms with Crippen LogP contribution in [0.3, 0.4) is 0 Å². The summed E-state index contributed by atoms with van der Waals surface area (Å²) in [6, 6.07) is 16.2. The molecule has 4 aromatic rings. The maximum atomic E-state index is 12.1. The highest BCUT2D eigenvalue weighted by molar-refractivity contribution is 7.98. The molecule has 0 fully saturated rings. The Morgan fingerprint density at radius 1 is 1.10 bits per heavy atom. The van der Waals surface area contributed by atoms with E-state index in [-0.39, 0.29) is 5.56 Å². The Morgan fingerprint density at radius 2 is 1.90 bits per heavy atom. The van der Waals surface area contributed by atoms with E-state index in [0.717, 1.165) is 22.6 Å². The number of oxazole rings is 1. The van der Waals surface area contributed by atoms with Crippen LogP contribution in [0, 0.1) is 6.92 Å². The third kappa shape index (κ3) is 4.58. The Morgan fingerprint density at radius 3 is 2.63 bits per heavy atom. The quantitative estimate of drug-likeness (QED) is 0.322. The smallest absolute Gasteiger partial charge is 0.252 e. The van der Waals surface area contributed by atoms with Crippen LogP contribution in [0.15, 0.2) is 69.0 Å². The van der Waals surface area contributed by atoms with Crippen molar-refractivity contribution in [1.29, 1.82) is 0 Å². The number of thioether (sulfide) groups is 1. The minimum Gasteiger partial charge on any atom is -0.497 e. The summed E-state index contributed by atoms with van der Waals surface area (Å²) in [4.78, 5) is 24.0. The molecule has 0 saturated carbocycles. The van der Waals surface area contributed by atoms with Gasteiger partial charge in [-0.2, -0.15) is 0 Å². The van der Waals surface area contributed by atoms with Gasteiger partial charge in [0.05, 0.1) is 18.5 Å². The van der Waals surface area contributed by atoms with Crippen LogP contribution in [0.25, 0.3) is 22.7 Å². The average Bonchev–Trinajstić information content (AvgIpc) is 3.12. The van der Waals surface area contributed by atoms with Crippen LogP contribution >= 0.6 is 23.4 Å². The number of H-pyrrole nitrogens is 1. The zero-order chi connectivity index (χ0) is 21.1. The molecule has 0 atom stereocenters. The van der Waals surface area contributed by atoms with Gasteiger partial charge in [-0.25, -0.2) is 9.97 Å². The normalized spacial score (nSPS) is 10.9. The fraction of sp³-hybridized carbons (Fsp3) is 0.136. The summed E-state index contributed by atoms with van der Waals surface area (Å²) in [6.07, 6.45) is 0. The number of rotatable bonds is 6. The third-order valence-corrected chi connectivity index (χ3v) is 5.54. The number of nitrogens with zero attached hydrogens (tertiary/aromatic N) is 2. The highest BCUT2D eigenvalue weighted by Gasteiger charge is 2.13. The first-order chi connectivity index (χ1) is 14.5. The van der Waals surface area contributed by atoms with Crippen molar-refractivity contribution >= 4 is 23.4 Å². The second-order valence-corrected chi connectivity index (χ2v) is 7.89. The maximum absolute atomic E-state index is 12.1. The molecule has 6 nitrogen and oxygen atoms in total. The van der Waals surface area contributed by atoms with Gasteiger partial charge in [0.2, 0.25) is 5.89 Å². The van der Waals surface area contributed by atoms with E-state index in [2.05, 4.69) is 15.0 Å². The molecule has 4 rings (SSSR count). The lowest BCUT2D eigenvalue weighted by Gasteiger charge is -2.05. The van der Waals surface area contributed by atoms with Crippen LogP contribution in [0.5, 0.6) is 5.75 Å². The molecule has 0 radical (unpaired) electrons. The summed E-state index contributed by atoms with van der Waals surface area (Å²) < 4.78 is 11.0. The van der Waals surface area contributed by atoms with Crippen LogP contribution in [0.4, 0.5) is 0 Å². The highest BCUT2D eigenvalue weighted by atomic mass is 35.5. The fourth-order valence-corrected chi connectivity index (χ4v) is 3.92. The van der Waals surface area contributed by atoms with Gasteiger partial charge in [0, 0.05) is 28.0 Å². The summed E-state index contributed by atoms with van der Waals surface area (Å²) in [5.41, 5.74) is 2.82. The van der Waals surface area contributed by atoms with Gasteiger partial charge in [-0.1, -0.05) is 29.4 Å². The van der Waals surface area contributed by atoms with Crippen molar-refractivity contribution in [2.24, 2.45) is 0 Å². The molecule has 1 N–H and O–H groups in total. The van der Waals surface area contributed by atoms with Crippen molar-refractivity contribution in [1.82, 2.24) is 15.0 Å². The van der Waals surface area contributed by atoms with Gasteiger partial charge in [0.25, 0.3) is 5.56 Å². The third-order valence-electron chi connectivity index (χ3n) is 4.42. The Labute approximate surface area is 182 Å². The van der Waals surface area contributed by atoms with Gasteiger partial charge in [-0.05, 0) is 49.4 Å². The Balaban J connectivity index is 1.54. The minimum absolute atomic E-state index is 0.213. The van der Waals surface area contributed by atoms with E-state index in [1.165, 1.54) is 17.8 Å². The molecule has 152 valence electrons. The number of methoxy groups -OCH3 is 1. The first-order valence-electron chi connectivity index (χ1n) is 9.12. The Kier molecular flexibility index (Phi) is 5.92. The number of halogens is 1. The van der Waals surface area contributed by atoms with E-state index in [1.54, 1.807) is 19.2 Å². The lowest BCUT2D eigenvalue weighted by molar-refractivity contribution is 0.415. The standard InChI is InChI=1S/C22H18ClN3O3S/c1-13-19(24-21(29-13)15-4-3-5-16(23)10-15)12-30-22-25-18(11-20(27)26-22)14-6-8-17(28-2)9-7-14/h3-11H,12H2,1-2H3,(H,25,26,27). The van der Waals surface area contributed by atoms with E-state index < -0.39 is 0 Å². The summed E-state index contributed by atoms with van der Waals surface area (Å²) in [7, 11) is 1.61. The van der Waals surface area contributed by atoms with Crippen molar-refractivity contribution < 1.29 is 9.15 Å². The highest BCUT2D eigenvalue weighted by Crippen LogP contribution is 2.28. The fourth-order valence-electron chi connectivity index (χ4n) is 2.86. The lowest BCUT2D eigenvalue weighted by Crippen LogP contribution is -2.08. The summed E-state index contributed by atoms with van der Waals surface area (Å²) in [6.45, 7) is 1.86. The second-order valence-electron chi connectivity index (χ2n) is 6.49. The number of aromatic amines is 1. The molecule has 0 bridgehead atoms. The maximum Gasteiger partial charge on any atom is 0.252 e. The van der Waals surface area contributed by atoms with E-state index in [9.17, 15) is 4.79 Å². The van der Waals surface area contributed by atoms with E-state index in [1.807, 2.05) is 43.3 Å². The first kappa shape index (κ1) is 20.3. The average molecular weight is 440 g/mol. The molecule has 0 unspecified atom stereocenters. The molecule has 0 aliphatic heterocycles. The van der Waals surface area contributed by atoms with Gasteiger partial charge >= 0.3 is 0 Å². The number of nitrogens with one attached hydrogen (secondary N) is 1. The van der Waals surface area contributed by atoms with Crippen molar-refractivity contribution in [3.8, 4) is 28.5 Å². The van der Waals surface area contributed by atoms with E-state index >= 15 is 0 Å². The Bertz CT molecular complexity index is 1240. The number of hydrogen-bond donors (Lipinski definition) is 1. The molecule has 2 aromatic carbocycles. The molecule has 0 saturated heterocycles. The molecule has 8 heteroatoms. The monoisotopic (exact) mass is 439 g/mol. The molecular weight excluding hydrogens is 422 g/mol. The number of hydrogen-bond acceptors (Lipinski definition) is 6. The first-order valence-corrected chi connectivity index (χ1v) is 10.5. The molecule has 30 heavy (non-hydrogen) atoms. The van der Waals surface area contributed by atoms with E-state index in [4.69, 9.17) is 20.8 Å². The summed E-state index contributed by atoms with van der Waals surface area (Å²) >= 11 is 7.45. The van der Waals surface area contributed by atoms with Gasteiger partial charge in [0.15, 0.2) is 5.16 Å². The zero-order valence-corrected chi connectivity index (χ0v) is 17.9. The summed E-state index contributed by atoms with van der Waals surface area (Å²) in [5, 5.41) is 1.14. The molecule has 0 aliphatic rings. The van der Waals surface area contributed by atoms with Crippen LogP contribution in [0.2, 0.25) is 5.02 Å². The van der Waals surface area contributed by atoms with Crippen molar-refractivity contribution in [3.63, 3.8) is 0 Å². The van der Waals surface area contributed by atoms with Crippen LogP contribution in [-0.2, 0) is 5.75 Å². The predicted molar refractivity (Wildman–Crippen MR) is 118 cm³/mol. The van der Waals surface area contributed by atoms with Gasteiger partial charge < -0.3 is 14.1 Å². The predicted octanol–water partition coefficient (Wildman–Crippen LogP) is 5.35. The molecular formula is C22H18ClN3O3S. The molecule has 0 amide bonds. The van der Waals surface area contributed by atoms with E-state index in [0.29, 0.717) is 33.3 Å². The van der Waals surface area contributed by atoms with Gasteiger partial charge in [-0.3, -0.25) is 4.79 Å². The van der Waals surface area contributed by atoms with Crippen LogP contribution in [-0.4, -0.2) is 22.1 Å².